The van der Waals surface area contributed by atoms with Gasteiger partial charge in [0.05, 0.1) is 30.9 Å². The van der Waals surface area contributed by atoms with Gasteiger partial charge in [-0.3, -0.25) is 19.4 Å². The molecule has 12 heteroatoms. The van der Waals surface area contributed by atoms with Crippen LogP contribution in [-0.4, -0.2) is 97.5 Å². The minimum atomic E-state index is -1.15. The van der Waals surface area contributed by atoms with Crippen molar-refractivity contribution in [3.8, 4) is 0 Å². The van der Waals surface area contributed by atoms with Gasteiger partial charge in [-0.05, 0) is 42.7 Å². The van der Waals surface area contributed by atoms with Crippen LogP contribution in [0.2, 0.25) is 0 Å². The molecule has 0 spiro atoms. The lowest BCUT2D eigenvalue weighted by molar-refractivity contribution is -0.145. The van der Waals surface area contributed by atoms with E-state index in [4.69, 9.17) is 5.73 Å². The molecule has 2 heterocycles. The van der Waals surface area contributed by atoms with E-state index in [0.717, 1.165) is 44.2 Å². The zero-order valence-corrected chi connectivity index (χ0v) is 31.8. The first-order valence-electron chi connectivity index (χ1n) is 18.7. The number of pyridine rings is 1. The molecule has 0 radical (unpaired) electrons. The normalized spacial score (nSPS) is 15.5. The fourth-order valence-electron chi connectivity index (χ4n) is 6.92. The Labute approximate surface area is 303 Å². The number of amides is 3. The predicted molar refractivity (Wildman–Crippen MR) is 199 cm³/mol. The second-order valence-electron chi connectivity index (χ2n) is 14.5. The van der Waals surface area contributed by atoms with Crippen molar-refractivity contribution in [2.45, 2.75) is 130 Å². The van der Waals surface area contributed by atoms with Crippen LogP contribution < -0.4 is 5.73 Å². The van der Waals surface area contributed by atoms with Gasteiger partial charge in [-0.2, -0.15) is 0 Å². The topological polar surface area (TPSA) is 153 Å². The van der Waals surface area contributed by atoms with Crippen molar-refractivity contribution in [2.24, 2.45) is 17.8 Å². The van der Waals surface area contributed by atoms with E-state index in [1.54, 1.807) is 27.9 Å². The molecule has 1 saturated carbocycles. The standard InChI is InChI=1S/C38H62N6O5S/c1-6-28(7-2)23-43(25-36(48)42(5)20-18-30-15-11-12-19-40-30)34(46)16-17-35(47)44(24-31-26-50-38(39)41-31)32(22-29-13-9-8-10-14-29)37(49)33(45)21-27(3)4/h11-12,15,19,26-29,32-33,37,45,49H,6-10,13-14,16-18,20-25H2,1-5H3,(H2,39,41)/t32-,33-,37+/m0/s1. The lowest BCUT2D eigenvalue weighted by atomic mass is 9.81. The number of hydrogen-bond acceptors (Lipinski definition) is 9. The highest BCUT2D eigenvalue weighted by Gasteiger charge is 2.37. The Morgan fingerprint density at radius 3 is 2.30 bits per heavy atom. The summed E-state index contributed by atoms with van der Waals surface area (Å²) in [7, 11) is 1.74. The van der Waals surface area contributed by atoms with E-state index in [-0.39, 0.29) is 55.5 Å². The Kier molecular flexibility index (Phi) is 17.6. The Morgan fingerprint density at radius 2 is 1.70 bits per heavy atom. The lowest BCUT2D eigenvalue weighted by Crippen LogP contribution is -2.52. The molecular weight excluding hydrogens is 653 g/mol. The number of nitrogens with zero attached hydrogens (tertiary/aromatic N) is 5. The maximum Gasteiger partial charge on any atom is 0.241 e. The summed E-state index contributed by atoms with van der Waals surface area (Å²) in [5.41, 5.74) is 7.46. The van der Waals surface area contributed by atoms with E-state index in [1.807, 2.05) is 37.4 Å². The van der Waals surface area contributed by atoms with Crippen LogP contribution >= 0.6 is 11.3 Å². The number of likely N-dealkylation sites (N-methyl/N-ethyl adjacent to an activating group) is 1. The Bertz CT molecular complexity index is 1300. The number of thiazole rings is 1. The van der Waals surface area contributed by atoms with Gasteiger partial charge in [0.1, 0.15) is 6.10 Å². The van der Waals surface area contributed by atoms with Crippen LogP contribution in [0.15, 0.2) is 29.8 Å². The monoisotopic (exact) mass is 714 g/mol. The van der Waals surface area contributed by atoms with Crippen molar-refractivity contribution in [2.75, 3.05) is 32.4 Å². The van der Waals surface area contributed by atoms with Crippen molar-refractivity contribution in [1.82, 2.24) is 24.7 Å². The highest BCUT2D eigenvalue weighted by molar-refractivity contribution is 7.13. The van der Waals surface area contributed by atoms with Gasteiger partial charge in [0.25, 0.3) is 0 Å². The second-order valence-corrected chi connectivity index (χ2v) is 15.4. The van der Waals surface area contributed by atoms with E-state index in [0.29, 0.717) is 49.1 Å². The fraction of sp³-hybridized carbons (Fsp3) is 0.711. The maximum absolute atomic E-state index is 14.2. The number of anilines is 1. The Balaban J connectivity index is 1.79. The van der Waals surface area contributed by atoms with Crippen LogP contribution in [0.25, 0.3) is 0 Å². The molecule has 0 aliphatic heterocycles. The molecular formula is C38H62N6O5S. The average molecular weight is 715 g/mol. The summed E-state index contributed by atoms with van der Waals surface area (Å²) < 4.78 is 0. The van der Waals surface area contributed by atoms with Gasteiger partial charge >= 0.3 is 0 Å². The van der Waals surface area contributed by atoms with Crippen LogP contribution in [-0.2, 0) is 27.3 Å². The lowest BCUT2D eigenvalue weighted by Gasteiger charge is -2.39. The summed E-state index contributed by atoms with van der Waals surface area (Å²) in [6, 6.07) is 5.05. The molecule has 1 aliphatic carbocycles. The van der Waals surface area contributed by atoms with E-state index in [9.17, 15) is 24.6 Å². The van der Waals surface area contributed by atoms with Gasteiger partial charge in [-0.15, -0.1) is 11.3 Å². The minimum absolute atomic E-state index is 0.0610. The van der Waals surface area contributed by atoms with Crippen LogP contribution in [0.5, 0.6) is 0 Å². The third-order valence-corrected chi connectivity index (χ3v) is 10.9. The smallest absolute Gasteiger partial charge is 0.241 e. The number of aromatic nitrogens is 2. The zero-order valence-electron chi connectivity index (χ0n) is 31.0. The predicted octanol–water partition coefficient (Wildman–Crippen LogP) is 5.30. The number of nitrogen functional groups attached to an aromatic ring is 1. The van der Waals surface area contributed by atoms with Gasteiger partial charge in [-0.1, -0.05) is 78.7 Å². The molecule has 0 bridgehead atoms. The molecule has 3 rings (SSSR count). The minimum Gasteiger partial charge on any atom is -0.390 e. The van der Waals surface area contributed by atoms with Crippen LogP contribution in [0.4, 0.5) is 5.13 Å². The van der Waals surface area contributed by atoms with Crippen molar-refractivity contribution in [1.29, 1.82) is 0 Å². The van der Waals surface area contributed by atoms with E-state index < -0.39 is 18.2 Å². The summed E-state index contributed by atoms with van der Waals surface area (Å²) in [5, 5.41) is 25.0. The van der Waals surface area contributed by atoms with Crippen molar-refractivity contribution >= 4 is 34.2 Å². The molecule has 50 heavy (non-hydrogen) atoms. The van der Waals surface area contributed by atoms with Crippen LogP contribution in [0.3, 0.4) is 0 Å². The number of carbonyl (C=O) groups excluding carboxylic acids is 3. The first-order valence-corrected chi connectivity index (χ1v) is 19.6. The van der Waals surface area contributed by atoms with E-state index >= 15 is 0 Å². The SMILES string of the molecule is CCC(CC)CN(CC(=O)N(C)CCc1ccccn1)C(=O)CCC(=O)N(Cc1csc(N)n1)[C@@H](CC1CCCCC1)[C@@H](O)[C@@H](O)CC(C)C. The molecule has 0 aromatic carbocycles. The summed E-state index contributed by atoms with van der Waals surface area (Å²) in [5.74, 6) is 0.00674. The fourth-order valence-corrected chi connectivity index (χ4v) is 7.47. The molecule has 0 saturated heterocycles. The first kappa shape index (κ1) is 41.3. The Morgan fingerprint density at radius 1 is 1.00 bits per heavy atom. The van der Waals surface area contributed by atoms with Crippen molar-refractivity contribution < 1.29 is 24.6 Å². The molecule has 1 aliphatic rings. The number of rotatable bonds is 21. The molecule has 2 aromatic heterocycles. The molecule has 280 valence electrons. The molecule has 1 fully saturated rings. The van der Waals surface area contributed by atoms with Crippen molar-refractivity contribution in [3.05, 3.63) is 41.2 Å². The van der Waals surface area contributed by atoms with Crippen molar-refractivity contribution in [3.63, 3.8) is 0 Å². The largest absolute Gasteiger partial charge is 0.390 e. The highest BCUT2D eigenvalue weighted by atomic mass is 32.1. The summed E-state index contributed by atoms with van der Waals surface area (Å²) in [6.07, 6.45) is 8.16. The maximum atomic E-state index is 14.2. The van der Waals surface area contributed by atoms with Gasteiger partial charge in [0.15, 0.2) is 5.13 Å². The third-order valence-electron chi connectivity index (χ3n) is 10.1. The average Bonchev–Trinajstić information content (AvgIpc) is 3.53. The molecule has 3 atom stereocenters. The van der Waals surface area contributed by atoms with Gasteiger partial charge in [0.2, 0.25) is 17.7 Å². The number of aliphatic hydroxyl groups is 2. The van der Waals surface area contributed by atoms with Gasteiger partial charge < -0.3 is 30.6 Å². The molecule has 0 unspecified atom stereocenters. The Hall–Kier alpha value is -3.09. The van der Waals surface area contributed by atoms with E-state index in [2.05, 4.69) is 23.8 Å². The number of carbonyl (C=O) groups is 3. The third kappa shape index (κ3) is 13.6. The number of hydrogen-bond donors (Lipinski definition) is 3. The summed E-state index contributed by atoms with van der Waals surface area (Å²) >= 11 is 1.29. The van der Waals surface area contributed by atoms with E-state index in [1.165, 1.54) is 17.8 Å². The van der Waals surface area contributed by atoms with Crippen LogP contribution in [0, 0.1) is 17.8 Å². The quantitative estimate of drug-likeness (QED) is 0.158. The van der Waals surface area contributed by atoms with Gasteiger partial charge in [-0.25, -0.2) is 4.98 Å². The highest BCUT2D eigenvalue weighted by Crippen LogP contribution is 2.32. The number of nitrogens with two attached hydrogens (primary N) is 1. The molecule has 2 aromatic rings. The first-order chi connectivity index (χ1) is 23.9. The zero-order chi connectivity index (χ0) is 36.6. The summed E-state index contributed by atoms with van der Waals surface area (Å²) in [6.45, 7) is 9.13. The second kappa shape index (κ2) is 21.3. The molecule has 3 amide bonds. The molecule has 4 N–H and O–H groups in total. The van der Waals surface area contributed by atoms with Gasteiger partial charge in [0, 0.05) is 56.7 Å². The summed E-state index contributed by atoms with van der Waals surface area (Å²) in [4.78, 5) is 55.0. The molecule has 11 nitrogen and oxygen atoms in total. The number of aliphatic hydroxyl groups excluding tert-OH is 2. The van der Waals surface area contributed by atoms with Crippen LogP contribution in [0.1, 0.15) is 110 Å².